The lowest BCUT2D eigenvalue weighted by atomic mass is 10.2. The number of carbonyl (C=O) groups excluding carboxylic acids is 1. The third kappa shape index (κ3) is 2.90. The summed E-state index contributed by atoms with van der Waals surface area (Å²) >= 11 is 0. The predicted octanol–water partition coefficient (Wildman–Crippen LogP) is 2.01. The molecule has 1 amide bonds. The molecule has 0 aromatic carbocycles. The fourth-order valence-electron chi connectivity index (χ4n) is 1.94. The van der Waals surface area contributed by atoms with Crippen molar-refractivity contribution < 1.29 is 13.9 Å². The molecule has 106 valence electrons. The van der Waals surface area contributed by atoms with E-state index in [2.05, 4.69) is 10.3 Å². The molecular formula is C14H17N3O3. The lowest BCUT2D eigenvalue weighted by Gasteiger charge is -2.09. The van der Waals surface area contributed by atoms with Crippen molar-refractivity contribution in [3.8, 4) is 5.88 Å². The SMILES string of the molecule is COc1ncc(NCc2cc(C)oc2C)cc1C(N)=O. The second-order valence-corrected chi connectivity index (χ2v) is 4.44. The Bertz CT molecular complexity index is 635. The highest BCUT2D eigenvalue weighted by Crippen LogP contribution is 2.20. The maximum atomic E-state index is 11.3. The zero-order valence-corrected chi connectivity index (χ0v) is 11.7. The van der Waals surface area contributed by atoms with Gasteiger partial charge in [-0.25, -0.2) is 4.98 Å². The summed E-state index contributed by atoms with van der Waals surface area (Å²) in [7, 11) is 1.44. The number of nitrogens with two attached hydrogens (primary N) is 1. The van der Waals surface area contributed by atoms with Crippen molar-refractivity contribution in [3.05, 3.63) is 41.0 Å². The lowest BCUT2D eigenvalue weighted by Crippen LogP contribution is -2.14. The van der Waals surface area contributed by atoms with Crippen molar-refractivity contribution in [3.63, 3.8) is 0 Å². The fraction of sp³-hybridized carbons (Fsp3) is 0.286. The zero-order chi connectivity index (χ0) is 14.7. The Morgan fingerprint density at radius 1 is 1.45 bits per heavy atom. The number of hydrogen-bond donors (Lipinski definition) is 2. The molecule has 0 fully saturated rings. The summed E-state index contributed by atoms with van der Waals surface area (Å²) in [5.74, 6) is 1.38. The number of ether oxygens (including phenoxy) is 1. The van der Waals surface area contributed by atoms with Crippen LogP contribution in [0.5, 0.6) is 5.88 Å². The van der Waals surface area contributed by atoms with Gasteiger partial charge in [0.1, 0.15) is 17.1 Å². The van der Waals surface area contributed by atoms with Gasteiger partial charge in [-0.2, -0.15) is 0 Å². The Morgan fingerprint density at radius 2 is 2.20 bits per heavy atom. The van der Waals surface area contributed by atoms with Gasteiger partial charge >= 0.3 is 0 Å². The smallest absolute Gasteiger partial charge is 0.254 e. The van der Waals surface area contributed by atoms with E-state index in [-0.39, 0.29) is 11.4 Å². The lowest BCUT2D eigenvalue weighted by molar-refractivity contribution is 0.0996. The highest BCUT2D eigenvalue weighted by molar-refractivity contribution is 5.95. The number of anilines is 1. The zero-order valence-electron chi connectivity index (χ0n) is 11.7. The van der Waals surface area contributed by atoms with Gasteiger partial charge < -0.3 is 20.2 Å². The van der Waals surface area contributed by atoms with Crippen LogP contribution in [0.3, 0.4) is 0 Å². The third-order valence-electron chi connectivity index (χ3n) is 2.94. The van der Waals surface area contributed by atoms with Crippen molar-refractivity contribution in [1.29, 1.82) is 0 Å². The van der Waals surface area contributed by atoms with Crippen LogP contribution >= 0.6 is 0 Å². The number of carbonyl (C=O) groups is 1. The number of pyridine rings is 1. The van der Waals surface area contributed by atoms with E-state index in [0.29, 0.717) is 12.2 Å². The van der Waals surface area contributed by atoms with Gasteiger partial charge in [0.25, 0.3) is 5.91 Å². The van der Waals surface area contributed by atoms with Gasteiger partial charge in [0.15, 0.2) is 0 Å². The number of aryl methyl sites for hydroxylation is 2. The highest BCUT2D eigenvalue weighted by Gasteiger charge is 2.12. The summed E-state index contributed by atoms with van der Waals surface area (Å²) in [4.78, 5) is 15.4. The Labute approximate surface area is 116 Å². The monoisotopic (exact) mass is 275 g/mol. The number of nitrogens with one attached hydrogen (secondary N) is 1. The predicted molar refractivity (Wildman–Crippen MR) is 74.8 cm³/mol. The van der Waals surface area contributed by atoms with Crippen molar-refractivity contribution in [2.24, 2.45) is 5.73 Å². The molecule has 6 nitrogen and oxygen atoms in total. The summed E-state index contributed by atoms with van der Waals surface area (Å²) in [6.45, 7) is 4.39. The van der Waals surface area contributed by atoms with Crippen LogP contribution in [-0.4, -0.2) is 18.0 Å². The molecule has 0 aliphatic rings. The van der Waals surface area contributed by atoms with E-state index in [4.69, 9.17) is 14.9 Å². The largest absolute Gasteiger partial charge is 0.480 e. The van der Waals surface area contributed by atoms with E-state index in [1.807, 2.05) is 19.9 Å². The number of primary amides is 1. The molecule has 0 aliphatic carbocycles. The van der Waals surface area contributed by atoms with Gasteiger partial charge in [-0.1, -0.05) is 0 Å². The third-order valence-corrected chi connectivity index (χ3v) is 2.94. The Hall–Kier alpha value is -2.50. The summed E-state index contributed by atoms with van der Waals surface area (Å²) in [5, 5.41) is 3.18. The van der Waals surface area contributed by atoms with Crippen LogP contribution < -0.4 is 15.8 Å². The summed E-state index contributed by atoms with van der Waals surface area (Å²) in [6.07, 6.45) is 1.59. The Kier molecular flexibility index (Phi) is 3.93. The van der Waals surface area contributed by atoms with E-state index >= 15 is 0 Å². The number of hydrogen-bond acceptors (Lipinski definition) is 5. The van der Waals surface area contributed by atoms with E-state index in [9.17, 15) is 4.79 Å². The molecular weight excluding hydrogens is 258 g/mol. The molecule has 0 unspecified atom stereocenters. The first-order chi connectivity index (χ1) is 9.51. The van der Waals surface area contributed by atoms with Crippen LogP contribution in [0.2, 0.25) is 0 Å². The van der Waals surface area contributed by atoms with Crippen LogP contribution in [0.1, 0.15) is 27.4 Å². The molecule has 0 saturated carbocycles. The normalized spacial score (nSPS) is 10.3. The van der Waals surface area contributed by atoms with Crippen LogP contribution in [0.4, 0.5) is 5.69 Å². The molecule has 2 heterocycles. The number of nitrogens with zero attached hydrogens (tertiary/aromatic N) is 1. The first-order valence-electron chi connectivity index (χ1n) is 6.15. The molecule has 2 aromatic rings. The fourth-order valence-corrected chi connectivity index (χ4v) is 1.94. The quantitative estimate of drug-likeness (QED) is 0.871. The van der Waals surface area contributed by atoms with Gasteiger partial charge in [0, 0.05) is 12.1 Å². The van der Waals surface area contributed by atoms with E-state index < -0.39 is 5.91 Å². The maximum Gasteiger partial charge on any atom is 0.254 e. The van der Waals surface area contributed by atoms with E-state index in [0.717, 1.165) is 17.1 Å². The number of aromatic nitrogens is 1. The number of amides is 1. The molecule has 2 rings (SSSR count). The van der Waals surface area contributed by atoms with Gasteiger partial charge in [0.2, 0.25) is 5.88 Å². The van der Waals surface area contributed by atoms with Crippen LogP contribution in [0.15, 0.2) is 22.7 Å². The molecule has 6 heteroatoms. The number of methoxy groups -OCH3 is 1. The summed E-state index contributed by atoms with van der Waals surface area (Å²) in [5.41, 5.74) is 7.29. The van der Waals surface area contributed by atoms with Crippen LogP contribution in [0, 0.1) is 13.8 Å². The van der Waals surface area contributed by atoms with Crippen LogP contribution in [-0.2, 0) is 6.54 Å². The average molecular weight is 275 g/mol. The second kappa shape index (κ2) is 5.64. The molecule has 0 bridgehead atoms. The molecule has 0 atom stereocenters. The first kappa shape index (κ1) is 13.9. The minimum Gasteiger partial charge on any atom is -0.480 e. The topological polar surface area (TPSA) is 90.4 Å². The van der Waals surface area contributed by atoms with Crippen molar-refractivity contribution in [2.45, 2.75) is 20.4 Å². The van der Waals surface area contributed by atoms with Crippen molar-refractivity contribution in [1.82, 2.24) is 4.98 Å². The molecule has 0 radical (unpaired) electrons. The average Bonchev–Trinajstić information content (AvgIpc) is 2.74. The number of rotatable bonds is 5. The van der Waals surface area contributed by atoms with Gasteiger partial charge in [0.05, 0.1) is 19.0 Å². The standard InChI is InChI=1S/C14H17N3O3/c1-8-4-10(9(2)20-8)6-16-11-5-12(13(15)18)14(19-3)17-7-11/h4-5,7,16H,6H2,1-3H3,(H2,15,18). The first-order valence-corrected chi connectivity index (χ1v) is 6.15. The van der Waals surface area contributed by atoms with Gasteiger partial charge in [-0.05, 0) is 26.0 Å². The molecule has 0 aliphatic heterocycles. The van der Waals surface area contributed by atoms with Crippen molar-refractivity contribution in [2.75, 3.05) is 12.4 Å². The van der Waals surface area contributed by atoms with E-state index in [1.165, 1.54) is 7.11 Å². The van der Waals surface area contributed by atoms with Gasteiger partial charge in [-0.3, -0.25) is 4.79 Å². The summed E-state index contributed by atoms with van der Waals surface area (Å²) < 4.78 is 10.4. The Balaban J connectivity index is 2.16. The highest BCUT2D eigenvalue weighted by atomic mass is 16.5. The second-order valence-electron chi connectivity index (χ2n) is 4.44. The van der Waals surface area contributed by atoms with Crippen LogP contribution in [0.25, 0.3) is 0 Å². The molecule has 20 heavy (non-hydrogen) atoms. The summed E-state index contributed by atoms with van der Waals surface area (Å²) in [6, 6.07) is 3.59. The van der Waals surface area contributed by atoms with Crippen molar-refractivity contribution >= 4 is 11.6 Å². The van der Waals surface area contributed by atoms with Gasteiger partial charge in [-0.15, -0.1) is 0 Å². The Morgan fingerprint density at radius 3 is 2.75 bits per heavy atom. The number of furan rings is 1. The molecule has 0 saturated heterocycles. The maximum absolute atomic E-state index is 11.3. The van der Waals surface area contributed by atoms with E-state index in [1.54, 1.807) is 12.3 Å². The molecule has 0 spiro atoms. The molecule has 2 aromatic heterocycles. The minimum absolute atomic E-state index is 0.221. The molecule has 3 N–H and O–H groups in total. The minimum atomic E-state index is -0.576.